The highest BCUT2D eigenvalue weighted by Gasteiger charge is 2.59. The molecule has 0 radical (unpaired) electrons. The van der Waals surface area contributed by atoms with E-state index in [1.807, 2.05) is 0 Å². The molecular formula is C25H34F6N4O6S. The van der Waals surface area contributed by atoms with Crippen LogP contribution in [0, 0.1) is 23.2 Å². The number of carbonyl (C=O) groups is 4. The zero-order chi connectivity index (χ0) is 32.0. The molecule has 0 spiro atoms. The van der Waals surface area contributed by atoms with Crippen molar-refractivity contribution in [1.29, 1.82) is 0 Å². The number of rotatable bonds is 8. The van der Waals surface area contributed by atoms with Crippen molar-refractivity contribution in [3.63, 3.8) is 0 Å². The molecule has 1 saturated carbocycles. The van der Waals surface area contributed by atoms with Crippen LogP contribution in [-0.4, -0.2) is 86.5 Å². The van der Waals surface area contributed by atoms with Gasteiger partial charge in [-0.1, -0.05) is 20.8 Å². The molecule has 1 aliphatic carbocycles. The lowest BCUT2D eigenvalue weighted by Crippen LogP contribution is -2.60. The number of hydrogen-bond donors (Lipinski definition) is 3. The van der Waals surface area contributed by atoms with Gasteiger partial charge in [0.2, 0.25) is 38.6 Å². The Balaban J connectivity index is 1.97. The van der Waals surface area contributed by atoms with Crippen LogP contribution in [0.1, 0.15) is 46.5 Å². The smallest absolute Gasteiger partial charge is 0.356 e. The summed E-state index contributed by atoms with van der Waals surface area (Å²) in [6.07, 6.45) is -5.67. The van der Waals surface area contributed by atoms with Gasteiger partial charge in [0, 0.05) is 38.1 Å². The Labute approximate surface area is 238 Å². The summed E-state index contributed by atoms with van der Waals surface area (Å²) >= 11 is 0. The molecule has 0 aromatic rings. The van der Waals surface area contributed by atoms with E-state index >= 15 is 0 Å². The molecule has 10 nitrogen and oxygen atoms in total. The molecule has 3 N–H and O–H groups in total. The van der Waals surface area contributed by atoms with E-state index < -0.39 is 111 Å². The summed E-state index contributed by atoms with van der Waals surface area (Å²) in [5.74, 6) is -11.0. The van der Waals surface area contributed by atoms with E-state index in [1.165, 1.54) is 20.8 Å². The minimum Gasteiger partial charge on any atom is -0.356 e. The summed E-state index contributed by atoms with van der Waals surface area (Å²) in [5, 5.41) is 4.95. The third kappa shape index (κ3) is 7.75. The first-order valence-corrected chi connectivity index (χ1v) is 15.1. The molecule has 2 heterocycles. The Morgan fingerprint density at radius 3 is 2.26 bits per heavy atom. The molecule has 0 bridgehead atoms. The zero-order valence-corrected chi connectivity index (χ0v) is 24.2. The van der Waals surface area contributed by atoms with Crippen molar-refractivity contribution in [2.45, 2.75) is 76.7 Å². The summed E-state index contributed by atoms with van der Waals surface area (Å²) in [4.78, 5) is 52.0. The number of amides is 4. The summed E-state index contributed by atoms with van der Waals surface area (Å²) in [6, 6.07) is -4.87. The highest BCUT2D eigenvalue weighted by Crippen LogP contribution is 2.50. The number of sulfone groups is 1. The van der Waals surface area contributed by atoms with Gasteiger partial charge in [0.25, 0.3) is 0 Å². The second-order valence-corrected chi connectivity index (χ2v) is 14.2. The van der Waals surface area contributed by atoms with Gasteiger partial charge >= 0.3 is 12.1 Å². The second-order valence-electron chi connectivity index (χ2n) is 12.3. The quantitative estimate of drug-likeness (QED) is 0.349. The van der Waals surface area contributed by atoms with Crippen molar-refractivity contribution < 1.29 is 53.9 Å². The predicted molar refractivity (Wildman–Crippen MR) is 136 cm³/mol. The molecule has 3 aliphatic rings. The van der Waals surface area contributed by atoms with Crippen molar-refractivity contribution in [2.24, 2.45) is 23.2 Å². The number of carbonyl (C=O) groups excluding carboxylic acids is 4. The number of nitrogens with zero attached hydrogens (tertiary/aromatic N) is 1. The van der Waals surface area contributed by atoms with E-state index in [2.05, 4.69) is 10.6 Å². The van der Waals surface area contributed by atoms with Crippen LogP contribution in [0.15, 0.2) is 11.2 Å². The Kier molecular flexibility index (Phi) is 9.36. The van der Waals surface area contributed by atoms with Crippen LogP contribution in [-0.2, 0) is 29.0 Å². The largest absolute Gasteiger partial charge is 0.471 e. The third-order valence-corrected chi connectivity index (χ3v) is 8.63. The summed E-state index contributed by atoms with van der Waals surface area (Å²) < 4.78 is 106. The minimum absolute atomic E-state index is 0.252. The molecule has 2 saturated heterocycles. The lowest BCUT2D eigenvalue weighted by atomic mass is 9.85. The van der Waals surface area contributed by atoms with Crippen LogP contribution < -0.4 is 16.0 Å². The molecular weight excluding hydrogens is 598 g/mol. The molecule has 0 aromatic carbocycles. The first-order chi connectivity index (χ1) is 19.0. The molecule has 2 aliphatic heterocycles. The molecule has 238 valence electrons. The first-order valence-electron chi connectivity index (χ1n) is 13.2. The van der Waals surface area contributed by atoms with Gasteiger partial charge in [-0.3, -0.25) is 19.2 Å². The van der Waals surface area contributed by atoms with Crippen LogP contribution in [0.2, 0.25) is 0 Å². The summed E-state index contributed by atoms with van der Waals surface area (Å²) in [7, 11) is -4.36. The van der Waals surface area contributed by atoms with Gasteiger partial charge in [-0.2, -0.15) is 17.6 Å². The predicted octanol–water partition coefficient (Wildman–Crippen LogP) is 1.82. The topological polar surface area (TPSA) is 142 Å². The molecule has 4 amide bonds. The van der Waals surface area contributed by atoms with Gasteiger partial charge < -0.3 is 20.9 Å². The molecule has 42 heavy (non-hydrogen) atoms. The summed E-state index contributed by atoms with van der Waals surface area (Å²) in [5.41, 5.74) is -1.31. The van der Waals surface area contributed by atoms with E-state index in [0.29, 0.717) is 12.3 Å². The number of likely N-dealkylation sites (tertiary alicyclic amines) is 1. The highest BCUT2D eigenvalue weighted by atomic mass is 32.2. The minimum atomic E-state index is -5.33. The highest BCUT2D eigenvalue weighted by molar-refractivity contribution is 7.94. The normalized spacial score (nSPS) is 27.7. The number of hydrogen-bond acceptors (Lipinski definition) is 6. The van der Waals surface area contributed by atoms with Crippen LogP contribution in [0.5, 0.6) is 0 Å². The monoisotopic (exact) mass is 632 g/mol. The SMILES string of the molecule is CC(C)(C)[C@@H](NC(=O)C(F)(F)F)C(=O)N1C[C@@H]2CC(F)(F)C[C@@H]2[C@H]1C(=O)N[C@H](/C=C(\F)S(C)(=O)=O)C[C@@H]1CCNC1=O. The van der Waals surface area contributed by atoms with Gasteiger partial charge in [0.15, 0.2) is 0 Å². The van der Waals surface area contributed by atoms with Crippen molar-refractivity contribution in [3.05, 3.63) is 11.2 Å². The molecule has 17 heteroatoms. The van der Waals surface area contributed by atoms with Gasteiger partial charge in [-0.05, 0) is 36.2 Å². The van der Waals surface area contributed by atoms with Crippen LogP contribution in [0.25, 0.3) is 0 Å². The van der Waals surface area contributed by atoms with Gasteiger partial charge in [0.1, 0.15) is 12.1 Å². The molecule has 3 rings (SSSR count). The molecule has 0 aromatic heterocycles. The Bertz CT molecular complexity index is 1250. The fourth-order valence-electron chi connectivity index (χ4n) is 5.78. The lowest BCUT2D eigenvalue weighted by molar-refractivity contribution is -0.176. The molecule has 3 fully saturated rings. The van der Waals surface area contributed by atoms with Gasteiger partial charge in [0.05, 0.1) is 6.04 Å². The van der Waals surface area contributed by atoms with Crippen LogP contribution >= 0.6 is 0 Å². The standard InChI is InChI=1S/C25H34F6N4O6S/c1-23(2,3)18(34-22(39)25(29,30)31)21(38)35-11-13-9-24(27,28)10-15(13)17(35)20(37)33-14(8-16(26)42(4,40)41)7-12-5-6-32-19(12)36/h8,12-15,17-18H,5-7,9-11H2,1-4H3,(H,32,36)(H,33,37)(H,34,39)/b16-8+/t12-,13-,14-,15-,17-,18-/m0/s1. The fraction of sp³-hybridized carbons (Fsp3) is 0.760. The van der Waals surface area contributed by atoms with Crippen molar-refractivity contribution in [2.75, 3.05) is 19.3 Å². The lowest BCUT2D eigenvalue weighted by Gasteiger charge is -2.37. The maximum absolute atomic E-state index is 14.5. The van der Waals surface area contributed by atoms with Crippen molar-refractivity contribution in [1.82, 2.24) is 20.9 Å². The second kappa shape index (κ2) is 11.7. The number of nitrogens with one attached hydrogen (secondary N) is 3. The average molecular weight is 633 g/mol. The Morgan fingerprint density at radius 2 is 1.76 bits per heavy atom. The van der Waals surface area contributed by atoms with Crippen molar-refractivity contribution in [3.8, 4) is 0 Å². The third-order valence-electron chi connectivity index (χ3n) is 7.79. The maximum Gasteiger partial charge on any atom is 0.471 e. The van der Waals surface area contributed by atoms with E-state index in [-0.39, 0.29) is 19.4 Å². The van der Waals surface area contributed by atoms with E-state index in [9.17, 15) is 53.9 Å². The zero-order valence-electron chi connectivity index (χ0n) is 23.4. The van der Waals surface area contributed by atoms with E-state index in [0.717, 1.165) is 4.90 Å². The summed E-state index contributed by atoms with van der Waals surface area (Å²) in [6.45, 7) is 3.97. The van der Waals surface area contributed by atoms with Gasteiger partial charge in [-0.25, -0.2) is 17.2 Å². The van der Waals surface area contributed by atoms with E-state index in [1.54, 1.807) is 5.32 Å². The number of alkyl halides is 5. The van der Waals surface area contributed by atoms with Gasteiger partial charge in [-0.15, -0.1) is 0 Å². The first kappa shape index (κ1) is 33.6. The molecule has 6 atom stereocenters. The molecule has 0 unspecified atom stereocenters. The maximum atomic E-state index is 14.5. The van der Waals surface area contributed by atoms with E-state index in [4.69, 9.17) is 0 Å². The van der Waals surface area contributed by atoms with Crippen LogP contribution in [0.3, 0.4) is 0 Å². The fourth-order valence-corrected chi connectivity index (χ4v) is 6.19. The number of fused-ring (bicyclic) bond motifs is 1. The number of halogens is 6. The van der Waals surface area contributed by atoms with Crippen LogP contribution in [0.4, 0.5) is 26.3 Å². The Hall–Kier alpha value is -2.85. The Morgan fingerprint density at radius 1 is 1.14 bits per heavy atom. The average Bonchev–Trinajstić information content (AvgIpc) is 3.45. The van der Waals surface area contributed by atoms with Crippen molar-refractivity contribution >= 4 is 33.5 Å².